The van der Waals surface area contributed by atoms with Crippen molar-refractivity contribution in [3.05, 3.63) is 0 Å². The number of hydrogen-bond donors (Lipinski definition) is 0. The summed E-state index contributed by atoms with van der Waals surface area (Å²) < 4.78 is 0.976. The Bertz CT molecular complexity index is 177. The van der Waals surface area contributed by atoms with Gasteiger partial charge in [-0.05, 0) is 0 Å². The van der Waals surface area contributed by atoms with Gasteiger partial charge in [-0.2, -0.15) is 0 Å². The summed E-state index contributed by atoms with van der Waals surface area (Å²) in [7, 11) is 3.86. The predicted octanol–water partition coefficient (Wildman–Crippen LogP) is -0.0432. The maximum absolute atomic E-state index is 10.8. The molecule has 1 aliphatic rings. The molecular formula is C6H10N2OSe. The Labute approximate surface area is 66.7 Å². The first kappa shape index (κ1) is 7.76. The Balaban J connectivity index is 2.66. The molecule has 0 aliphatic carbocycles. The average Bonchev–Trinajstić information content (AvgIpc) is 1.88. The van der Waals surface area contributed by atoms with Crippen molar-refractivity contribution in [2.75, 3.05) is 14.1 Å². The van der Waals surface area contributed by atoms with E-state index >= 15 is 0 Å². The van der Waals surface area contributed by atoms with Crippen molar-refractivity contribution in [2.24, 2.45) is 4.99 Å². The number of hydrogen-bond acceptors (Lipinski definition) is 2. The van der Waals surface area contributed by atoms with Crippen molar-refractivity contribution >= 4 is 25.6 Å². The van der Waals surface area contributed by atoms with Crippen molar-refractivity contribution in [1.82, 2.24) is 4.90 Å². The van der Waals surface area contributed by atoms with Crippen LogP contribution in [-0.2, 0) is 4.79 Å². The summed E-state index contributed by atoms with van der Waals surface area (Å²) in [6, 6.07) is 0. The molecule has 0 bridgehead atoms. The van der Waals surface area contributed by atoms with Gasteiger partial charge >= 0.3 is 66.1 Å². The molecule has 1 amide bonds. The summed E-state index contributed by atoms with van der Waals surface area (Å²) in [5.41, 5.74) is 0. The van der Waals surface area contributed by atoms with Crippen molar-refractivity contribution in [1.29, 1.82) is 0 Å². The second kappa shape index (κ2) is 3.17. The second-order valence-corrected chi connectivity index (χ2v) is 4.51. The van der Waals surface area contributed by atoms with Crippen molar-refractivity contribution in [3.63, 3.8) is 0 Å². The van der Waals surface area contributed by atoms with Crippen LogP contribution in [0.3, 0.4) is 0 Å². The molecule has 3 nitrogen and oxygen atoms in total. The van der Waals surface area contributed by atoms with Gasteiger partial charge in [0.05, 0.1) is 0 Å². The number of amidine groups is 1. The van der Waals surface area contributed by atoms with Crippen molar-refractivity contribution in [3.8, 4) is 0 Å². The van der Waals surface area contributed by atoms with Crippen LogP contribution in [0.25, 0.3) is 0 Å². The van der Waals surface area contributed by atoms with E-state index in [0.29, 0.717) is 21.4 Å². The number of carbonyl (C=O) groups excluding carboxylic acids is 1. The molecule has 10 heavy (non-hydrogen) atoms. The monoisotopic (exact) mass is 206 g/mol. The summed E-state index contributed by atoms with van der Waals surface area (Å²) in [5.74, 6) is 0.0387. The molecule has 0 saturated heterocycles. The number of nitrogens with zero attached hydrogens (tertiary/aromatic N) is 2. The van der Waals surface area contributed by atoms with Gasteiger partial charge < -0.3 is 0 Å². The molecule has 0 N–H and O–H groups in total. The van der Waals surface area contributed by atoms with Crippen LogP contribution < -0.4 is 0 Å². The minimum absolute atomic E-state index is 0.0387. The summed E-state index contributed by atoms with van der Waals surface area (Å²) in [4.78, 5) is 16.6. The molecule has 56 valence electrons. The fraction of sp³-hybridized carbons (Fsp3) is 0.667. The molecule has 0 aromatic heterocycles. The molecule has 0 atom stereocenters. The van der Waals surface area contributed by atoms with Gasteiger partial charge in [-0.1, -0.05) is 0 Å². The van der Waals surface area contributed by atoms with E-state index < -0.39 is 0 Å². The summed E-state index contributed by atoms with van der Waals surface area (Å²) >= 11 is 0.428. The quantitative estimate of drug-likeness (QED) is 0.520. The Hall–Kier alpha value is -0.341. The number of carbonyl (C=O) groups is 1. The fourth-order valence-corrected chi connectivity index (χ4v) is 2.51. The van der Waals surface area contributed by atoms with E-state index in [2.05, 4.69) is 4.99 Å². The van der Waals surface area contributed by atoms with Crippen molar-refractivity contribution < 1.29 is 4.79 Å². The molecule has 1 aliphatic heterocycles. The van der Waals surface area contributed by atoms with Gasteiger partial charge in [0.2, 0.25) is 0 Å². The van der Waals surface area contributed by atoms with E-state index in [1.165, 1.54) is 0 Å². The molecule has 0 radical (unpaired) electrons. The molecule has 0 saturated carbocycles. The molecule has 1 heterocycles. The molecule has 0 unspecified atom stereocenters. The van der Waals surface area contributed by atoms with Gasteiger partial charge in [0.15, 0.2) is 0 Å². The Morgan fingerprint density at radius 3 is 2.70 bits per heavy atom. The fourth-order valence-electron chi connectivity index (χ4n) is 0.654. The van der Waals surface area contributed by atoms with E-state index in [1.54, 1.807) is 0 Å². The Morgan fingerprint density at radius 1 is 1.60 bits per heavy atom. The van der Waals surface area contributed by atoms with E-state index in [9.17, 15) is 4.79 Å². The molecule has 0 spiro atoms. The van der Waals surface area contributed by atoms with Gasteiger partial charge in [0, 0.05) is 0 Å². The zero-order valence-electron chi connectivity index (χ0n) is 6.13. The first-order valence-electron chi connectivity index (χ1n) is 3.12. The zero-order valence-corrected chi connectivity index (χ0v) is 7.84. The third kappa shape index (κ3) is 1.82. The van der Waals surface area contributed by atoms with Crippen LogP contribution in [0, 0.1) is 0 Å². The van der Waals surface area contributed by atoms with Gasteiger partial charge in [0.25, 0.3) is 0 Å². The summed E-state index contributed by atoms with van der Waals surface area (Å²) in [6.45, 7) is 0. The predicted molar refractivity (Wildman–Crippen MR) is 41.3 cm³/mol. The standard InChI is InChI=1S/C6H10N2OSe/c1-8(2)6-7-5(9)3-4-10-6/h3-4H2,1-2H3. The van der Waals surface area contributed by atoms with E-state index in [4.69, 9.17) is 0 Å². The van der Waals surface area contributed by atoms with Crippen LogP contribution in [0.2, 0.25) is 5.32 Å². The van der Waals surface area contributed by atoms with Gasteiger partial charge in [-0.3, -0.25) is 0 Å². The van der Waals surface area contributed by atoms with Gasteiger partial charge in [-0.25, -0.2) is 0 Å². The number of amides is 1. The molecule has 4 heteroatoms. The second-order valence-electron chi connectivity index (χ2n) is 2.28. The van der Waals surface area contributed by atoms with Crippen LogP contribution in [0.5, 0.6) is 0 Å². The van der Waals surface area contributed by atoms with E-state index in [1.807, 2.05) is 19.0 Å². The van der Waals surface area contributed by atoms with Crippen molar-refractivity contribution in [2.45, 2.75) is 11.7 Å². The van der Waals surface area contributed by atoms with E-state index in [-0.39, 0.29) is 5.91 Å². The average molecular weight is 205 g/mol. The number of aliphatic imine (C=N–C) groups is 1. The third-order valence-corrected chi connectivity index (χ3v) is 3.51. The maximum atomic E-state index is 10.8. The summed E-state index contributed by atoms with van der Waals surface area (Å²) in [5, 5.41) is 1.02. The van der Waals surface area contributed by atoms with E-state index in [0.717, 1.165) is 10.1 Å². The van der Waals surface area contributed by atoms with Crippen LogP contribution in [0.1, 0.15) is 6.42 Å². The minimum atomic E-state index is 0.0387. The SMILES string of the molecule is CN(C)C1=NC(=O)CC[Se]1. The topological polar surface area (TPSA) is 32.7 Å². The van der Waals surface area contributed by atoms with Gasteiger partial charge in [0.1, 0.15) is 0 Å². The normalized spacial score (nSPS) is 18.6. The number of rotatable bonds is 0. The zero-order chi connectivity index (χ0) is 7.56. The first-order chi connectivity index (χ1) is 4.70. The Kier molecular flexibility index (Phi) is 2.46. The molecular weight excluding hydrogens is 195 g/mol. The van der Waals surface area contributed by atoms with Crippen LogP contribution in [0.15, 0.2) is 4.99 Å². The molecule has 0 fully saturated rings. The summed E-state index contributed by atoms with van der Waals surface area (Å²) in [6.07, 6.45) is 0.650. The molecule has 1 rings (SSSR count). The van der Waals surface area contributed by atoms with Crippen LogP contribution in [0.4, 0.5) is 0 Å². The Morgan fingerprint density at radius 2 is 2.30 bits per heavy atom. The van der Waals surface area contributed by atoms with Crippen LogP contribution >= 0.6 is 0 Å². The third-order valence-electron chi connectivity index (χ3n) is 1.15. The molecule has 0 aromatic carbocycles. The van der Waals surface area contributed by atoms with Gasteiger partial charge in [-0.15, -0.1) is 0 Å². The molecule has 0 aromatic rings. The van der Waals surface area contributed by atoms with Crippen LogP contribution in [-0.4, -0.2) is 44.6 Å². The first-order valence-corrected chi connectivity index (χ1v) is 5.18.